The van der Waals surface area contributed by atoms with Crippen LogP contribution >= 0.6 is 0 Å². The van der Waals surface area contributed by atoms with E-state index in [1.165, 1.54) is 51.5 Å². The highest BCUT2D eigenvalue weighted by molar-refractivity contribution is 4.90. The number of nitrogens with one attached hydrogen (secondary N) is 2. The molecule has 3 heteroatoms. The van der Waals surface area contributed by atoms with Crippen LogP contribution in [0.4, 0.5) is 0 Å². The van der Waals surface area contributed by atoms with E-state index in [0.717, 1.165) is 18.5 Å². The minimum absolute atomic E-state index is 0.265. The van der Waals surface area contributed by atoms with Crippen LogP contribution in [-0.4, -0.2) is 36.9 Å². The molecule has 1 aliphatic heterocycles. The maximum atomic E-state index is 8.92. The molecular formula is C13H26N2O. The molecule has 1 saturated heterocycles. The number of rotatable bonds is 4. The summed E-state index contributed by atoms with van der Waals surface area (Å²) in [6.07, 6.45) is 9.48. The van der Waals surface area contributed by atoms with Gasteiger partial charge in [0.15, 0.2) is 0 Å². The molecule has 16 heavy (non-hydrogen) atoms. The average Bonchev–Trinajstić information content (AvgIpc) is 2.38. The second kappa shape index (κ2) is 6.58. The molecule has 94 valence electrons. The largest absolute Gasteiger partial charge is 0.395 e. The molecule has 2 aliphatic rings. The number of hydrogen-bond donors (Lipinski definition) is 3. The summed E-state index contributed by atoms with van der Waals surface area (Å²) < 4.78 is 0. The lowest BCUT2D eigenvalue weighted by atomic mass is 9.77. The quantitative estimate of drug-likeness (QED) is 0.676. The molecule has 1 heterocycles. The second-order valence-corrected chi connectivity index (χ2v) is 5.29. The topological polar surface area (TPSA) is 44.3 Å². The van der Waals surface area contributed by atoms with Gasteiger partial charge in [-0.2, -0.15) is 0 Å². The standard InChI is InChI=1S/C13H26N2O/c16-10-9-15-13-6-2-1-5-11(13)12-7-3-4-8-14-12/h11-16H,1-10H2. The summed E-state index contributed by atoms with van der Waals surface area (Å²) >= 11 is 0. The van der Waals surface area contributed by atoms with Crippen molar-refractivity contribution in [3.8, 4) is 0 Å². The first-order valence-electron chi connectivity index (χ1n) is 6.99. The van der Waals surface area contributed by atoms with Crippen LogP contribution in [0, 0.1) is 5.92 Å². The minimum Gasteiger partial charge on any atom is -0.395 e. The Morgan fingerprint density at radius 3 is 2.62 bits per heavy atom. The summed E-state index contributed by atoms with van der Waals surface area (Å²) in [4.78, 5) is 0. The molecule has 1 saturated carbocycles. The van der Waals surface area contributed by atoms with Crippen molar-refractivity contribution in [2.75, 3.05) is 19.7 Å². The Morgan fingerprint density at radius 1 is 1.06 bits per heavy atom. The van der Waals surface area contributed by atoms with Gasteiger partial charge < -0.3 is 15.7 Å². The summed E-state index contributed by atoms with van der Waals surface area (Å²) in [5.74, 6) is 0.792. The van der Waals surface area contributed by atoms with E-state index in [9.17, 15) is 0 Å². The normalized spacial score (nSPS) is 36.2. The second-order valence-electron chi connectivity index (χ2n) is 5.29. The maximum Gasteiger partial charge on any atom is 0.0556 e. The van der Waals surface area contributed by atoms with Gasteiger partial charge in [0.1, 0.15) is 0 Å². The van der Waals surface area contributed by atoms with Crippen LogP contribution in [0.15, 0.2) is 0 Å². The van der Waals surface area contributed by atoms with E-state index in [1.807, 2.05) is 0 Å². The minimum atomic E-state index is 0.265. The van der Waals surface area contributed by atoms with E-state index in [4.69, 9.17) is 5.11 Å². The van der Waals surface area contributed by atoms with Crippen molar-refractivity contribution in [2.24, 2.45) is 5.92 Å². The summed E-state index contributed by atoms with van der Waals surface area (Å²) in [5, 5.41) is 16.1. The smallest absolute Gasteiger partial charge is 0.0556 e. The predicted molar refractivity (Wildman–Crippen MR) is 66.5 cm³/mol. The van der Waals surface area contributed by atoms with Crippen molar-refractivity contribution in [3.63, 3.8) is 0 Å². The number of aliphatic hydroxyl groups is 1. The predicted octanol–water partition coefficient (Wildman–Crippen LogP) is 1.27. The first kappa shape index (κ1) is 12.3. The molecule has 2 fully saturated rings. The zero-order chi connectivity index (χ0) is 11.2. The fourth-order valence-corrected chi connectivity index (χ4v) is 3.39. The molecule has 0 amide bonds. The van der Waals surface area contributed by atoms with Crippen molar-refractivity contribution >= 4 is 0 Å². The van der Waals surface area contributed by atoms with Crippen LogP contribution in [0.25, 0.3) is 0 Å². The molecule has 0 spiro atoms. The highest BCUT2D eigenvalue weighted by Gasteiger charge is 2.31. The van der Waals surface area contributed by atoms with Gasteiger partial charge in [-0.05, 0) is 38.1 Å². The van der Waals surface area contributed by atoms with E-state index in [-0.39, 0.29) is 6.61 Å². The molecule has 1 aliphatic carbocycles. The van der Waals surface area contributed by atoms with Crippen LogP contribution in [0.1, 0.15) is 44.9 Å². The van der Waals surface area contributed by atoms with Gasteiger partial charge in [0, 0.05) is 18.6 Å². The van der Waals surface area contributed by atoms with E-state index in [1.54, 1.807) is 0 Å². The van der Waals surface area contributed by atoms with Crippen LogP contribution < -0.4 is 10.6 Å². The van der Waals surface area contributed by atoms with E-state index >= 15 is 0 Å². The monoisotopic (exact) mass is 226 g/mol. The molecule has 0 bridgehead atoms. The van der Waals surface area contributed by atoms with Gasteiger partial charge in [0.25, 0.3) is 0 Å². The summed E-state index contributed by atoms with van der Waals surface area (Å²) in [5.41, 5.74) is 0. The fraction of sp³-hybridized carbons (Fsp3) is 1.00. The lowest BCUT2D eigenvalue weighted by molar-refractivity contribution is 0.173. The molecule has 0 radical (unpaired) electrons. The first-order chi connectivity index (χ1) is 7.92. The zero-order valence-corrected chi connectivity index (χ0v) is 10.3. The van der Waals surface area contributed by atoms with Gasteiger partial charge in [0.2, 0.25) is 0 Å². The highest BCUT2D eigenvalue weighted by Crippen LogP contribution is 2.30. The highest BCUT2D eigenvalue weighted by atomic mass is 16.3. The summed E-state index contributed by atoms with van der Waals surface area (Å²) in [6.45, 7) is 2.23. The average molecular weight is 226 g/mol. The van der Waals surface area contributed by atoms with Crippen molar-refractivity contribution in [1.82, 2.24) is 10.6 Å². The fourth-order valence-electron chi connectivity index (χ4n) is 3.39. The number of aliphatic hydroxyl groups excluding tert-OH is 1. The lowest BCUT2D eigenvalue weighted by Gasteiger charge is -2.40. The first-order valence-corrected chi connectivity index (χ1v) is 6.99. The Bertz CT molecular complexity index is 192. The van der Waals surface area contributed by atoms with Crippen LogP contribution in [0.2, 0.25) is 0 Å². The Balaban J connectivity index is 1.86. The van der Waals surface area contributed by atoms with E-state index < -0.39 is 0 Å². The lowest BCUT2D eigenvalue weighted by Crippen LogP contribution is -2.51. The van der Waals surface area contributed by atoms with Crippen LogP contribution in [0.5, 0.6) is 0 Å². The molecule has 2 rings (SSSR count). The Hall–Kier alpha value is -0.120. The molecule has 0 aromatic heterocycles. The van der Waals surface area contributed by atoms with Gasteiger partial charge in [-0.25, -0.2) is 0 Å². The van der Waals surface area contributed by atoms with Crippen molar-refractivity contribution in [3.05, 3.63) is 0 Å². The number of piperidine rings is 1. The molecule has 3 N–H and O–H groups in total. The van der Waals surface area contributed by atoms with Crippen LogP contribution in [0.3, 0.4) is 0 Å². The van der Waals surface area contributed by atoms with E-state index in [2.05, 4.69) is 10.6 Å². The van der Waals surface area contributed by atoms with Gasteiger partial charge in [-0.3, -0.25) is 0 Å². The third kappa shape index (κ3) is 3.19. The van der Waals surface area contributed by atoms with Gasteiger partial charge in [-0.15, -0.1) is 0 Å². The van der Waals surface area contributed by atoms with Gasteiger partial charge in [-0.1, -0.05) is 19.3 Å². The zero-order valence-electron chi connectivity index (χ0n) is 10.3. The van der Waals surface area contributed by atoms with Crippen molar-refractivity contribution < 1.29 is 5.11 Å². The van der Waals surface area contributed by atoms with E-state index in [0.29, 0.717) is 6.04 Å². The number of hydrogen-bond acceptors (Lipinski definition) is 3. The molecule has 0 aromatic rings. The molecule has 3 unspecified atom stereocenters. The Morgan fingerprint density at radius 2 is 1.88 bits per heavy atom. The molecule has 3 nitrogen and oxygen atoms in total. The third-order valence-corrected chi connectivity index (χ3v) is 4.20. The van der Waals surface area contributed by atoms with Gasteiger partial charge >= 0.3 is 0 Å². The maximum absolute atomic E-state index is 8.92. The Kier molecular flexibility index (Phi) is 5.07. The van der Waals surface area contributed by atoms with Crippen LogP contribution in [-0.2, 0) is 0 Å². The summed E-state index contributed by atoms with van der Waals surface area (Å²) in [7, 11) is 0. The van der Waals surface area contributed by atoms with Crippen molar-refractivity contribution in [1.29, 1.82) is 0 Å². The van der Waals surface area contributed by atoms with Gasteiger partial charge in [0.05, 0.1) is 6.61 Å². The summed E-state index contributed by atoms with van der Waals surface area (Å²) in [6, 6.07) is 1.36. The molecule has 3 atom stereocenters. The molecule has 0 aromatic carbocycles. The van der Waals surface area contributed by atoms with Crippen molar-refractivity contribution in [2.45, 2.75) is 57.0 Å². The Labute approximate surface area is 99.0 Å². The molecular weight excluding hydrogens is 200 g/mol. The third-order valence-electron chi connectivity index (χ3n) is 4.20. The SMILES string of the molecule is OCCNC1CCCCC1C1CCCCN1.